The Hall–Kier alpha value is -2.57. The molecule has 6 heteroatoms. The van der Waals surface area contributed by atoms with E-state index in [0.717, 1.165) is 43.5 Å². The maximum absolute atomic E-state index is 11.8. The minimum absolute atomic E-state index is 0.0837. The van der Waals surface area contributed by atoms with E-state index in [2.05, 4.69) is 12.2 Å². The van der Waals surface area contributed by atoms with E-state index in [9.17, 15) is 9.90 Å². The summed E-state index contributed by atoms with van der Waals surface area (Å²) in [6.07, 6.45) is 4.65. The number of unbranched alkanes of at least 4 members (excludes halogenated alkanes) is 3. The van der Waals surface area contributed by atoms with E-state index in [1.54, 1.807) is 0 Å². The molecule has 0 fully saturated rings. The number of amides is 1. The van der Waals surface area contributed by atoms with E-state index in [0.29, 0.717) is 18.8 Å². The molecule has 0 spiro atoms. The largest absolute Gasteiger partial charge is 0.491 e. The quantitative estimate of drug-likeness (QED) is 0.332. The Bertz CT molecular complexity index is 737. The zero-order chi connectivity index (χ0) is 22.3. The van der Waals surface area contributed by atoms with Gasteiger partial charge in [-0.15, -0.1) is 0 Å². The molecule has 0 heterocycles. The first kappa shape index (κ1) is 24.7. The van der Waals surface area contributed by atoms with Crippen LogP contribution in [-0.2, 0) is 11.2 Å². The van der Waals surface area contributed by atoms with E-state index in [-0.39, 0.29) is 12.5 Å². The molecule has 1 unspecified atom stereocenters. The third-order valence-corrected chi connectivity index (χ3v) is 4.86. The van der Waals surface area contributed by atoms with E-state index >= 15 is 0 Å². The molecule has 1 atom stereocenters. The second-order valence-electron chi connectivity index (χ2n) is 7.65. The third kappa shape index (κ3) is 10.3. The highest BCUT2D eigenvalue weighted by molar-refractivity contribution is 5.72. The summed E-state index contributed by atoms with van der Waals surface area (Å²) in [5, 5.41) is 14.7. The molecule has 0 bridgehead atoms. The molecule has 6 nitrogen and oxygen atoms in total. The van der Waals surface area contributed by atoms with Crippen LogP contribution in [0.15, 0.2) is 54.6 Å². The number of nitrogens with one attached hydrogen (secondary N) is 1. The number of carbonyl (C=O) groups excluding carboxylic acids is 1. The Kier molecular flexibility index (Phi) is 11.5. The van der Waals surface area contributed by atoms with Gasteiger partial charge in [0.25, 0.3) is 5.91 Å². The third-order valence-electron chi connectivity index (χ3n) is 4.86. The second kappa shape index (κ2) is 14.4. The molecule has 0 aliphatic carbocycles. The number of hydroxylamine groups is 2. The number of para-hydroxylation sites is 1. The first-order valence-electron chi connectivity index (χ1n) is 11.2. The lowest BCUT2D eigenvalue weighted by atomic mass is 10.1. The maximum Gasteiger partial charge on any atom is 0.252 e. The number of aliphatic hydroxyl groups excluding tert-OH is 1. The lowest BCUT2D eigenvalue weighted by molar-refractivity contribution is -0.155. The smallest absolute Gasteiger partial charge is 0.252 e. The van der Waals surface area contributed by atoms with Crippen molar-refractivity contribution in [1.82, 2.24) is 10.4 Å². The van der Waals surface area contributed by atoms with Crippen LogP contribution in [0.4, 0.5) is 0 Å². The van der Waals surface area contributed by atoms with Gasteiger partial charge in [0.05, 0.1) is 6.54 Å². The summed E-state index contributed by atoms with van der Waals surface area (Å²) in [7, 11) is 0. The van der Waals surface area contributed by atoms with Gasteiger partial charge in [0.15, 0.2) is 5.75 Å². The first-order chi connectivity index (χ1) is 15.1. The summed E-state index contributed by atoms with van der Waals surface area (Å²) < 4.78 is 5.55. The molecule has 0 saturated heterocycles. The van der Waals surface area contributed by atoms with Gasteiger partial charge in [-0.3, -0.25) is 4.79 Å². The number of aliphatic hydroxyl groups is 1. The van der Waals surface area contributed by atoms with Crippen molar-refractivity contribution in [2.75, 3.05) is 26.2 Å². The van der Waals surface area contributed by atoms with Crippen molar-refractivity contribution in [3.63, 3.8) is 0 Å². The molecule has 2 rings (SSSR count). The van der Waals surface area contributed by atoms with Crippen LogP contribution in [0.3, 0.4) is 0 Å². The average Bonchev–Trinajstić information content (AvgIpc) is 2.79. The standard InChI is InChI=1S/C25H36N2O4/c1-3-4-5-9-18-27(21(2)28)31-25-14-12-22(13-15-25)16-17-26-19-23(29)20-30-24-10-7-6-8-11-24/h6-8,10-15,23,26,29H,3-5,9,16-20H2,1-2H3. The van der Waals surface area contributed by atoms with Crippen LogP contribution in [0.2, 0.25) is 0 Å². The van der Waals surface area contributed by atoms with Crippen LogP contribution in [-0.4, -0.2) is 48.4 Å². The fourth-order valence-electron chi connectivity index (χ4n) is 3.06. The van der Waals surface area contributed by atoms with Crippen molar-refractivity contribution < 1.29 is 19.5 Å². The maximum atomic E-state index is 11.8. The summed E-state index contributed by atoms with van der Waals surface area (Å²) in [5.41, 5.74) is 1.16. The van der Waals surface area contributed by atoms with Gasteiger partial charge >= 0.3 is 0 Å². The Balaban J connectivity index is 1.65. The van der Waals surface area contributed by atoms with E-state index in [1.165, 1.54) is 18.4 Å². The molecular formula is C25H36N2O4. The molecular weight excluding hydrogens is 392 g/mol. The Morgan fingerprint density at radius 1 is 1.03 bits per heavy atom. The van der Waals surface area contributed by atoms with Gasteiger partial charge in [0, 0.05) is 13.5 Å². The van der Waals surface area contributed by atoms with Crippen LogP contribution in [0.5, 0.6) is 11.5 Å². The number of carbonyl (C=O) groups is 1. The highest BCUT2D eigenvalue weighted by Gasteiger charge is 2.11. The molecule has 0 aliphatic rings. The number of benzene rings is 2. The summed E-state index contributed by atoms with van der Waals surface area (Å²) in [5.74, 6) is 1.34. The van der Waals surface area contributed by atoms with Gasteiger partial charge in [0.2, 0.25) is 0 Å². The Morgan fingerprint density at radius 2 is 1.77 bits per heavy atom. The minimum atomic E-state index is -0.564. The molecule has 0 saturated carbocycles. The fourth-order valence-corrected chi connectivity index (χ4v) is 3.06. The minimum Gasteiger partial charge on any atom is -0.491 e. The molecule has 2 aromatic carbocycles. The molecule has 31 heavy (non-hydrogen) atoms. The lowest BCUT2D eigenvalue weighted by Gasteiger charge is -2.21. The summed E-state index contributed by atoms with van der Waals surface area (Å²) in [6, 6.07) is 17.3. The van der Waals surface area contributed by atoms with Gasteiger partial charge in [-0.05, 0) is 49.2 Å². The number of ether oxygens (including phenoxy) is 1. The van der Waals surface area contributed by atoms with Gasteiger partial charge in [-0.25, -0.2) is 0 Å². The van der Waals surface area contributed by atoms with Gasteiger partial charge in [0.1, 0.15) is 18.5 Å². The highest BCUT2D eigenvalue weighted by atomic mass is 16.7. The molecule has 170 valence electrons. The monoisotopic (exact) mass is 428 g/mol. The van der Waals surface area contributed by atoms with Crippen LogP contribution in [0.1, 0.15) is 45.1 Å². The first-order valence-corrected chi connectivity index (χ1v) is 11.2. The van der Waals surface area contributed by atoms with Crippen LogP contribution in [0, 0.1) is 0 Å². The Labute approximate surface area is 186 Å². The summed E-state index contributed by atoms with van der Waals surface area (Å²) in [6.45, 7) is 5.78. The molecule has 2 aromatic rings. The van der Waals surface area contributed by atoms with E-state index in [1.807, 2.05) is 54.6 Å². The normalized spacial score (nSPS) is 11.7. The van der Waals surface area contributed by atoms with Crippen molar-refractivity contribution >= 4 is 5.91 Å². The molecule has 1 amide bonds. The number of rotatable bonds is 15. The van der Waals surface area contributed by atoms with Crippen molar-refractivity contribution in [2.45, 2.75) is 52.1 Å². The lowest BCUT2D eigenvalue weighted by Crippen LogP contribution is -2.33. The predicted octanol–water partition coefficient (Wildman–Crippen LogP) is 3.98. The van der Waals surface area contributed by atoms with Crippen LogP contribution >= 0.6 is 0 Å². The van der Waals surface area contributed by atoms with Crippen molar-refractivity contribution in [3.05, 3.63) is 60.2 Å². The molecule has 0 aliphatic heterocycles. The average molecular weight is 429 g/mol. The van der Waals surface area contributed by atoms with Gasteiger partial charge in [-0.2, -0.15) is 5.06 Å². The van der Waals surface area contributed by atoms with Crippen LogP contribution in [0.25, 0.3) is 0 Å². The topological polar surface area (TPSA) is 71.0 Å². The zero-order valence-electron chi connectivity index (χ0n) is 18.8. The highest BCUT2D eigenvalue weighted by Crippen LogP contribution is 2.15. The van der Waals surface area contributed by atoms with E-state index < -0.39 is 6.10 Å². The fraction of sp³-hybridized carbons (Fsp3) is 0.480. The molecule has 2 N–H and O–H groups in total. The van der Waals surface area contributed by atoms with Crippen molar-refractivity contribution in [3.8, 4) is 11.5 Å². The Morgan fingerprint density at radius 3 is 2.45 bits per heavy atom. The molecule has 0 aromatic heterocycles. The number of hydrogen-bond donors (Lipinski definition) is 2. The number of hydrogen-bond acceptors (Lipinski definition) is 5. The van der Waals surface area contributed by atoms with Crippen molar-refractivity contribution in [2.24, 2.45) is 0 Å². The summed E-state index contributed by atoms with van der Waals surface area (Å²) in [4.78, 5) is 17.6. The predicted molar refractivity (Wildman–Crippen MR) is 123 cm³/mol. The van der Waals surface area contributed by atoms with E-state index in [4.69, 9.17) is 9.57 Å². The van der Waals surface area contributed by atoms with Gasteiger partial charge < -0.3 is 20.0 Å². The van der Waals surface area contributed by atoms with Crippen molar-refractivity contribution in [1.29, 1.82) is 0 Å². The number of nitrogens with zero attached hydrogens (tertiary/aromatic N) is 1. The zero-order valence-corrected chi connectivity index (χ0v) is 18.8. The van der Waals surface area contributed by atoms with Gasteiger partial charge in [-0.1, -0.05) is 56.5 Å². The second-order valence-corrected chi connectivity index (χ2v) is 7.65. The SMILES string of the molecule is CCCCCCN(Oc1ccc(CCNCC(O)COc2ccccc2)cc1)C(C)=O. The summed E-state index contributed by atoms with van der Waals surface area (Å²) >= 11 is 0. The van der Waals surface area contributed by atoms with Crippen LogP contribution < -0.4 is 14.9 Å². The molecule has 0 radical (unpaired) electrons.